The summed E-state index contributed by atoms with van der Waals surface area (Å²) < 4.78 is 1.77. The van der Waals surface area contributed by atoms with E-state index in [9.17, 15) is 4.79 Å². The highest BCUT2D eigenvalue weighted by Gasteiger charge is 2.20. The summed E-state index contributed by atoms with van der Waals surface area (Å²) >= 11 is 0. The topological polar surface area (TPSA) is 34.0 Å². The van der Waals surface area contributed by atoms with Crippen molar-refractivity contribution in [2.75, 3.05) is 6.54 Å². The summed E-state index contributed by atoms with van der Waals surface area (Å²) in [7, 11) is 1.86. The number of nitrogens with zero attached hydrogens (tertiary/aromatic N) is 1. The van der Waals surface area contributed by atoms with Crippen molar-refractivity contribution in [3.63, 3.8) is 0 Å². The van der Waals surface area contributed by atoms with Crippen LogP contribution in [0.4, 0.5) is 0 Å². The Morgan fingerprint density at radius 3 is 2.89 bits per heavy atom. The lowest BCUT2D eigenvalue weighted by Crippen LogP contribution is -2.27. The molecule has 2 heterocycles. The van der Waals surface area contributed by atoms with Crippen molar-refractivity contribution in [1.82, 2.24) is 9.88 Å². The minimum Gasteiger partial charge on any atom is -0.311 e. The van der Waals surface area contributed by atoms with Crippen LogP contribution in [0.3, 0.4) is 0 Å². The lowest BCUT2D eigenvalue weighted by Gasteiger charge is -2.14. The van der Waals surface area contributed by atoms with E-state index in [-0.39, 0.29) is 11.6 Å². The number of hydrogen-bond acceptors (Lipinski definition) is 2. The van der Waals surface area contributed by atoms with Crippen molar-refractivity contribution in [2.45, 2.75) is 25.8 Å². The summed E-state index contributed by atoms with van der Waals surface area (Å²) in [6, 6.07) is 8.52. The molecule has 0 saturated carbocycles. The first-order valence-electron chi connectivity index (χ1n) is 6.50. The summed E-state index contributed by atoms with van der Waals surface area (Å²) in [5, 5.41) is 4.56. The number of rotatable bonds is 1. The highest BCUT2D eigenvalue weighted by atomic mass is 16.1. The fourth-order valence-electron chi connectivity index (χ4n) is 2.83. The molecule has 1 fully saturated rings. The Kier molecular flexibility index (Phi) is 2.71. The molecule has 18 heavy (non-hydrogen) atoms. The van der Waals surface area contributed by atoms with Gasteiger partial charge in [0.15, 0.2) is 0 Å². The van der Waals surface area contributed by atoms with Gasteiger partial charge in [0.05, 0.1) is 5.52 Å². The van der Waals surface area contributed by atoms with Crippen LogP contribution in [0.25, 0.3) is 10.9 Å². The molecule has 1 aliphatic heterocycles. The summed E-state index contributed by atoms with van der Waals surface area (Å²) in [5.41, 5.74) is 3.28. The Bertz CT molecular complexity index is 651. The Morgan fingerprint density at radius 1 is 1.33 bits per heavy atom. The van der Waals surface area contributed by atoms with Crippen LogP contribution in [0.15, 0.2) is 29.1 Å². The summed E-state index contributed by atoms with van der Waals surface area (Å²) in [5.74, 6) is 0. The first-order valence-corrected chi connectivity index (χ1v) is 6.50. The van der Waals surface area contributed by atoms with Crippen molar-refractivity contribution >= 4 is 10.9 Å². The number of hydrogen-bond donors (Lipinski definition) is 1. The van der Waals surface area contributed by atoms with Crippen molar-refractivity contribution in [1.29, 1.82) is 0 Å². The molecular weight excluding hydrogens is 224 g/mol. The van der Waals surface area contributed by atoms with Crippen molar-refractivity contribution < 1.29 is 0 Å². The first-order chi connectivity index (χ1) is 8.66. The van der Waals surface area contributed by atoms with Crippen molar-refractivity contribution in [2.24, 2.45) is 7.05 Å². The van der Waals surface area contributed by atoms with Crippen LogP contribution in [-0.2, 0) is 7.05 Å². The highest BCUT2D eigenvalue weighted by molar-refractivity contribution is 5.80. The fraction of sp³-hybridized carbons (Fsp3) is 0.400. The molecule has 1 aliphatic rings. The van der Waals surface area contributed by atoms with Gasteiger partial charge in [-0.15, -0.1) is 0 Å². The fourth-order valence-corrected chi connectivity index (χ4v) is 2.83. The van der Waals surface area contributed by atoms with Crippen LogP contribution in [0.5, 0.6) is 0 Å². The molecule has 1 aromatic heterocycles. The molecule has 0 spiro atoms. The van der Waals surface area contributed by atoms with E-state index in [4.69, 9.17) is 0 Å². The number of benzene rings is 1. The van der Waals surface area contributed by atoms with Gasteiger partial charge in [-0.3, -0.25) is 4.79 Å². The van der Waals surface area contributed by atoms with Crippen LogP contribution >= 0.6 is 0 Å². The second-order valence-electron chi connectivity index (χ2n) is 5.18. The molecular formula is C15H18N2O. The zero-order valence-corrected chi connectivity index (χ0v) is 10.9. The van der Waals surface area contributed by atoms with E-state index in [1.54, 1.807) is 4.57 Å². The highest BCUT2D eigenvalue weighted by Crippen LogP contribution is 2.23. The van der Waals surface area contributed by atoms with E-state index in [1.807, 2.05) is 13.1 Å². The van der Waals surface area contributed by atoms with Gasteiger partial charge in [0.2, 0.25) is 0 Å². The van der Waals surface area contributed by atoms with E-state index >= 15 is 0 Å². The molecule has 1 unspecified atom stereocenters. The predicted octanol–water partition coefficient (Wildman–Crippen LogP) is 2.27. The molecule has 0 radical (unpaired) electrons. The lowest BCUT2D eigenvalue weighted by atomic mass is 10.0. The van der Waals surface area contributed by atoms with Crippen LogP contribution in [0.1, 0.15) is 30.0 Å². The van der Waals surface area contributed by atoms with Gasteiger partial charge in [0, 0.05) is 18.7 Å². The van der Waals surface area contributed by atoms with Gasteiger partial charge in [-0.1, -0.05) is 11.6 Å². The number of fused-ring (bicyclic) bond motifs is 1. The second-order valence-corrected chi connectivity index (χ2v) is 5.18. The number of nitrogens with one attached hydrogen (secondary N) is 1. The minimum atomic E-state index is 0.130. The Balaban J connectivity index is 2.26. The van der Waals surface area contributed by atoms with Crippen LogP contribution in [0, 0.1) is 6.92 Å². The third kappa shape index (κ3) is 1.75. The van der Waals surface area contributed by atoms with E-state index < -0.39 is 0 Å². The average molecular weight is 242 g/mol. The molecule has 0 aliphatic carbocycles. The molecule has 0 amide bonds. The van der Waals surface area contributed by atoms with Gasteiger partial charge < -0.3 is 9.88 Å². The van der Waals surface area contributed by atoms with Gasteiger partial charge in [-0.25, -0.2) is 0 Å². The maximum atomic E-state index is 12.4. The molecule has 3 nitrogen and oxygen atoms in total. The third-order valence-electron chi connectivity index (χ3n) is 3.84. The number of pyridine rings is 1. The molecule has 1 atom stereocenters. The van der Waals surface area contributed by atoms with E-state index in [0.29, 0.717) is 0 Å². The van der Waals surface area contributed by atoms with E-state index in [2.05, 4.69) is 30.4 Å². The van der Waals surface area contributed by atoms with E-state index in [1.165, 1.54) is 5.56 Å². The monoisotopic (exact) mass is 242 g/mol. The maximum Gasteiger partial charge on any atom is 0.255 e. The molecule has 3 heteroatoms. The van der Waals surface area contributed by atoms with Gasteiger partial charge in [0.25, 0.3) is 5.56 Å². The summed E-state index contributed by atoms with van der Waals surface area (Å²) in [6.07, 6.45) is 2.21. The molecule has 0 bridgehead atoms. The normalized spacial score (nSPS) is 19.6. The first kappa shape index (κ1) is 11.5. The SMILES string of the molecule is Cc1ccc2c(c1)cc(C1CCCN1)c(=O)n2C. The molecule has 94 valence electrons. The zero-order valence-electron chi connectivity index (χ0n) is 10.9. The summed E-state index contributed by atoms with van der Waals surface area (Å²) in [6.45, 7) is 3.09. The molecule has 1 N–H and O–H groups in total. The number of aromatic nitrogens is 1. The van der Waals surface area contributed by atoms with Crippen LogP contribution in [0.2, 0.25) is 0 Å². The third-order valence-corrected chi connectivity index (χ3v) is 3.84. The molecule has 1 saturated heterocycles. The molecule has 1 aromatic carbocycles. The largest absolute Gasteiger partial charge is 0.311 e. The Morgan fingerprint density at radius 2 is 2.17 bits per heavy atom. The van der Waals surface area contributed by atoms with Crippen molar-refractivity contribution in [3.05, 3.63) is 45.7 Å². The minimum absolute atomic E-state index is 0.130. The average Bonchev–Trinajstić information content (AvgIpc) is 2.87. The summed E-state index contributed by atoms with van der Waals surface area (Å²) in [4.78, 5) is 12.4. The number of aryl methyl sites for hydroxylation is 2. The standard InChI is InChI=1S/C15H18N2O/c1-10-5-6-14-11(8-10)9-12(15(18)17(14)2)13-4-3-7-16-13/h5-6,8-9,13,16H,3-4,7H2,1-2H3. The quantitative estimate of drug-likeness (QED) is 0.832. The predicted molar refractivity (Wildman–Crippen MR) is 73.9 cm³/mol. The van der Waals surface area contributed by atoms with Crippen LogP contribution in [-0.4, -0.2) is 11.1 Å². The second kappa shape index (κ2) is 4.25. The Hall–Kier alpha value is -1.61. The van der Waals surface area contributed by atoms with Gasteiger partial charge in [0.1, 0.15) is 0 Å². The van der Waals surface area contributed by atoms with Crippen LogP contribution < -0.4 is 10.9 Å². The van der Waals surface area contributed by atoms with Gasteiger partial charge in [-0.2, -0.15) is 0 Å². The maximum absolute atomic E-state index is 12.4. The van der Waals surface area contributed by atoms with E-state index in [0.717, 1.165) is 35.9 Å². The van der Waals surface area contributed by atoms with Gasteiger partial charge in [-0.05, 0) is 49.9 Å². The van der Waals surface area contributed by atoms with Crippen molar-refractivity contribution in [3.8, 4) is 0 Å². The lowest BCUT2D eigenvalue weighted by molar-refractivity contribution is 0.633. The zero-order chi connectivity index (χ0) is 12.7. The Labute approximate surface area is 106 Å². The van der Waals surface area contributed by atoms with Gasteiger partial charge >= 0.3 is 0 Å². The molecule has 2 aromatic rings. The molecule has 3 rings (SSSR count). The smallest absolute Gasteiger partial charge is 0.255 e.